The highest BCUT2D eigenvalue weighted by atomic mass is 16.7. The summed E-state index contributed by atoms with van der Waals surface area (Å²) in [7, 11) is 3.26. The van der Waals surface area contributed by atoms with Crippen LogP contribution in [0.2, 0.25) is 0 Å². The summed E-state index contributed by atoms with van der Waals surface area (Å²) in [6.45, 7) is 3.71. The SMILES string of the molecule is COc1cc2c(cc1OC)CN(C(=O)[C@H]1CCCN(CCC(=O)Nc3ccc4c(c3)OCO4)C1)CC2.O=C(O)C=CC(=O)O. The number of hydrogen-bond acceptors (Lipinski definition) is 9. The maximum Gasteiger partial charge on any atom is 0.328 e. The molecule has 3 heterocycles. The number of ether oxygens (including phenoxy) is 4. The molecular weight excluding hydrogens is 574 g/mol. The molecule has 0 radical (unpaired) electrons. The number of amides is 2. The molecule has 44 heavy (non-hydrogen) atoms. The summed E-state index contributed by atoms with van der Waals surface area (Å²) in [5, 5.41) is 18.6. The van der Waals surface area contributed by atoms with Gasteiger partial charge in [0.2, 0.25) is 18.6 Å². The van der Waals surface area contributed by atoms with Crippen LogP contribution < -0.4 is 24.3 Å². The van der Waals surface area contributed by atoms with Crippen LogP contribution >= 0.6 is 0 Å². The highest BCUT2D eigenvalue weighted by Crippen LogP contribution is 2.35. The first-order valence-electron chi connectivity index (χ1n) is 14.2. The molecule has 236 valence electrons. The van der Waals surface area contributed by atoms with E-state index in [0.29, 0.717) is 67.7 Å². The summed E-state index contributed by atoms with van der Waals surface area (Å²) in [5.41, 5.74) is 3.01. The van der Waals surface area contributed by atoms with Gasteiger partial charge >= 0.3 is 11.9 Å². The Bertz CT molecular complexity index is 1390. The fourth-order valence-electron chi connectivity index (χ4n) is 5.39. The van der Waals surface area contributed by atoms with Crippen molar-refractivity contribution in [2.75, 3.05) is 52.5 Å². The highest BCUT2D eigenvalue weighted by Gasteiger charge is 2.31. The lowest BCUT2D eigenvalue weighted by atomic mass is 9.93. The van der Waals surface area contributed by atoms with Gasteiger partial charge in [0.25, 0.3) is 0 Å². The highest BCUT2D eigenvalue weighted by molar-refractivity contribution is 5.91. The summed E-state index contributed by atoms with van der Waals surface area (Å²) in [6, 6.07) is 9.39. The zero-order valence-corrected chi connectivity index (χ0v) is 24.7. The number of aliphatic carboxylic acids is 2. The molecule has 3 aliphatic rings. The lowest BCUT2D eigenvalue weighted by molar-refractivity contribution is -0.138. The summed E-state index contributed by atoms with van der Waals surface area (Å²) in [6.07, 6.45) is 4.13. The summed E-state index contributed by atoms with van der Waals surface area (Å²) in [4.78, 5) is 49.2. The van der Waals surface area contributed by atoms with E-state index in [1.54, 1.807) is 26.4 Å². The number of likely N-dealkylation sites (tertiary alicyclic amines) is 1. The molecule has 2 amide bonds. The number of anilines is 1. The van der Waals surface area contributed by atoms with E-state index in [4.69, 9.17) is 29.2 Å². The molecular formula is C31H37N3O10. The summed E-state index contributed by atoms with van der Waals surface area (Å²) < 4.78 is 21.6. The van der Waals surface area contributed by atoms with Gasteiger partial charge in [-0.1, -0.05) is 0 Å². The summed E-state index contributed by atoms with van der Waals surface area (Å²) in [5.74, 6) is 0.326. The van der Waals surface area contributed by atoms with Crippen LogP contribution in [0.25, 0.3) is 0 Å². The molecule has 5 rings (SSSR count). The minimum Gasteiger partial charge on any atom is -0.493 e. The number of benzene rings is 2. The van der Waals surface area contributed by atoms with Crippen molar-refractivity contribution in [3.8, 4) is 23.0 Å². The number of carboxylic acids is 2. The maximum atomic E-state index is 13.4. The molecule has 0 unspecified atom stereocenters. The van der Waals surface area contributed by atoms with Gasteiger partial charge in [-0.3, -0.25) is 9.59 Å². The average molecular weight is 612 g/mol. The Balaban J connectivity index is 0.000000488. The number of rotatable bonds is 9. The first-order valence-corrected chi connectivity index (χ1v) is 14.2. The van der Waals surface area contributed by atoms with Crippen LogP contribution in [0.15, 0.2) is 42.5 Å². The number of carbonyl (C=O) groups excluding carboxylic acids is 2. The van der Waals surface area contributed by atoms with Crippen LogP contribution in [-0.4, -0.2) is 91.0 Å². The minimum absolute atomic E-state index is 0.0441. The molecule has 0 aliphatic carbocycles. The van der Waals surface area contributed by atoms with E-state index in [1.807, 2.05) is 23.1 Å². The molecule has 13 nitrogen and oxygen atoms in total. The largest absolute Gasteiger partial charge is 0.493 e. The fourth-order valence-corrected chi connectivity index (χ4v) is 5.39. The van der Waals surface area contributed by atoms with Gasteiger partial charge in [0.15, 0.2) is 23.0 Å². The number of nitrogens with one attached hydrogen (secondary N) is 1. The number of nitrogens with zero attached hydrogens (tertiary/aromatic N) is 2. The Morgan fingerprint density at radius 3 is 2.32 bits per heavy atom. The Hall–Kier alpha value is -4.78. The van der Waals surface area contributed by atoms with Gasteiger partial charge in [-0.2, -0.15) is 0 Å². The van der Waals surface area contributed by atoms with E-state index in [2.05, 4.69) is 10.2 Å². The van der Waals surface area contributed by atoms with Crippen molar-refractivity contribution in [3.05, 3.63) is 53.6 Å². The van der Waals surface area contributed by atoms with Gasteiger partial charge in [0, 0.05) is 56.5 Å². The summed E-state index contributed by atoms with van der Waals surface area (Å²) >= 11 is 0. The molecule has 0 saturated carbocycles. The van der Waals surface area contributed by atoms with E-state index in [1.165, 1.54) is 5.56 Å². The van der Waals surface area contributed by atoms with Crippen molar-refractivity contribution < 1.29 is 48.3 Å². The minimum atomic E-state index is -1.26. The molecule has 0 spiro atoms. The van der Waals surface area contributed by atoms with E-state index < -0.39 is 11.9 Å². The van der Waals surface area contributed by atoms with Gasteiger partial charge < -0.3 is 44.3 Å². The van der Waals surface area contributed by atoms with E-state index in [-0.39, 0.29) is 24.5 Å². The van der Waals surface area contributed by atoms with Gasteiger partial charge in [-0.25, -0.2) is 9.59 Å². The first-order chi connectivity index (χ1) is 21.2. The van der Waals surface area contributed by atoms with Crippen LogP contribution in [0.1, 0.15) is 30.4 Å². The van der Waals surface area contributed by atoms with Crippen LogP contribution in [0.3, 0.4) is 0 Å². The Morgan fingerprint density at radius 1 is 0.955 bits per heavy atom. The molecule has 1 atom stereocenters. The second-order valence-electron chi connectivity index (χ2n) is 10.5. The number of carboxylic acid groups (broad SMARTS) is 2. The molecule has 1 fully saturated rings. The molecule has 1 saturated heterocycles. The van der Waals surface area contributed by atoms with Crippen molar-refractivity contribution in [1.29, 1.82) is 0 Å². The molecule has 0 bridgehead atoms. The number of carbonyl (C=O) groups is 4. The van der Waals surface area contributed by atoms with Crippen molar-refractivity contribution in [2.45, 2.75) is 32.2 Å². The lowest BCUT2D eigenvalue weighted by Crippen LogP contribution is -2.46. The van der Waals surface area contributed by atoms with Crippen molar-refractivity contribution in [3.63, 3.8) is 0 Å². The fraction of sp³-hybridized carbons (Fsp3) is 0.419. The number of methoxy groups -OCH3 is 2. The van der Waals surface area contributed by atoms with Crippen molar-refractivity contribution in [1.82, 2.24) is 9.80 Å². The molecule has 0 aromatic heterocycles. The predicted molar refractivity (Wildman–Crippen MR) is 158 cm³/mol. The van der Waals surface area contributed by atoms with Crippen LogP contribution in [0.5, 0.6) is 23.0 Å². The van der Waals surface area contributed by atoms with Crippen molar-refractivity contribution in [2.24, 2.45) is 5.92 Å². The third kappa shape index (κ3) is 8.63. The van der Waals surface area contributed by atoms with Crippen LogP contribution in [0.4, 0.5) is 5.69 Å². The Labute approximate surface area is 254 Å². The predicted octanol–water partition coefficient (Wildman–Crippen LogP) is 2.77. The topological polar surface area (TPSA) is 164 Å². The normalized spacial score (nSPS) is 17.2. The first kappa shape index (κ1) is 32.1. The quantitative estimate of drug-likeness (QED) is 0.357. The second-order valence-corrected chi connectivity index (χ2v) is 10.5. The van der Waals surface area contributed by atoms with E-state index in [0.717, 1.165) is 37.1 Å². The third-order valence-corrected chi connectivity index (χ3v) is 7.56. The van der Waals surface area contributed by atoms with E-state index >= 15 is 0 Å². The Morgan fingerprint density at radius 2 is 1.64 bits per heavy atom. The van der Waals surface area contributed by atoms with Crippen LogP contribution in [0, 0.1) is 5.92 Å². The third-order valence-electron chi connectivity index (χ3n) is 7.56. The van der Waals surface area contributed by atoms with Crippen LogP contribution in [-0.2, 0) is 32.1 Å². The molecule has 13 heteroatoms. The number of piperidine rings is 1. The standard InChI is InChI=1S/C27H33N3O6.C4H4O4/c1-33-23-12-18-7-11-30(16-20(18)13-24(23)34-2)27(32)19-4-3-9-29(15-19)10-8-26(31)28-21-5-6-22-25(14-21)36-17-35-22;5-3(6)1-2-4(7)8/h5-6,12-14,19H,3-4,7-11,15-17H2,1-2H3,(H,28,31);1-2H,(H,5,6)(H,7,8)/t19-;/m0./s1. The lowest BCUT2D eigenvalue weighted by Gasteiger charge is -2.36. The Kier molecular flexibility index (Phi) is 11.0. The molecule has 2 aromatic rings. The van der Waals surface area contributed by atoms with Gasteiger partial charge in [0.05, 0.1) is 20.1 Å². The average Bonchev–Trinajstić information content (AvgIpc) is 3.50. The van der Waals surface area contributed by atoms with Crippen molar-refractivity contribution >= 4 is 29.4 Å². The number of hydrogen-bond donors (Lipinski definition) is 3. The van der Waals surface area contributed by atoms with Gasteiger partial charge in [-0.05, 0) is 61.2 Å². The molecule has 3 aliphatic heterocycles. The molecule has 3 N–H and O–H groups in total. The zero-order chi connectivity index (χ0) is 31.6. The second kappa shape index (κ2) is 15.1. The van der Waals surface area contributed by atoms with Gasteiger partial charge in [-0.15, -0.1) is 0 Å². The monoisotopic (exact) mass is 611 g/mol. The number of fused-ring (bicyclic) bond motifs is 2. The maximum absolute atomic E-state index is 13.4. The zero-order valence-electron chi connectivity index (χ0n) is 24.7. The van der Waals surface area contributed by atoms with Gasteiger partial charge in [0.1, 0.15) is 0 Å². The van der Waals surface area contributed by atoms with E-state index in [9.17, 15) is 19.2 Å². The molecule has 2 aromatic carbocycles. The smallest absolute Gasteiger partial charge is 0.328 e.